The molecule has 0 unspecified atom stereocenters. The van der Waals surface area contributed by atoms with E-state index >= 15 is 0 Å². The molecule has 0 aliphatic carbocycles. The Bertz CT molecular complexity index is 1330. The van der Waals surface area contributed by atoms with Gasteiger partial charge in [0.05, 0.1) is 0 Å². The molecule has 3 aromatic carbocycles. The average molecular weight is 471 g/mol. The lowest BCUT2D eigenvalue weighted by Crippen LogP contribution is -2.58. The molecule has 35 heavy (non-hydrogen) atoms. The van der Waals surface area contributed by atoms with Gasteiger partial charge in [0.2, 0.25) is 5.79 Å². The fourth-order valence-corrected chi connectivity index (χ4v) is 2.98. The van der Waals surface area contributed by atoms with Gasteiger partial charge >= 0.3 is 0 Å². The largest absolute Gasteiger partial charge is 0.508 e. The number of aliphatic hydroxyl groups is 2. The zero-order chi connectivity index (χ0) is 25.4. The summed E-state index contributed by atoms with van der Waals surface area (Å²) >= 11 is 0. The topological polar surface area (TPSA) is 165 Å². The molecular formula is C26H21N3O6. The number of rotatable bonds is 5. The summed E-state index contributed by atoms with van der Waals surface area (Å²) in [4.78, 5) is 24.8. The van der Waals surface area contributed by atoms with E-state index in [0.29, 0.717) is 11.3 Å². The van der Waals surface area contributed by atoms with Crippen molar-refractivity contribution >= 4 is 17.5 Å². The van der Waals surface area contributed by atoms with Gasteiger partial charge in [0.25, 0.3) is 11.8 Å². The summed E-state index contributed by atoms with van der Waals surface area (Å²) in [7, 11) is 0. The van der Waals surface area contributed by atoms with Gasteiger partial charge in [-0.3, -0.25) is 14.8 Å². The number of carbonyl (C=O) groups excluding carboxylic acids is 2. The van der Waals surface area contributed by atoms with E-state index in [4.69, 9.17) is 10.9 Å². The van der Waals surface area contributed by atoms with E-state index in [-0.39, 0.29) is 16.9 Å². The van der Waals surface area contributed by atoms with Crippen LogP contribution in [0.4, 0.5) is 5.69 Å². The molecular weight excluding hydrogens is 450 g/mol. The Hall–Kier alpha value is -4.80. The summed E-state index contributed by atoms with van der Waals surface area (Å²) in [5, 5.41) is 41.7. The van der Waals surface area contributed by atoms with E-state index in [1.807, 2.05) is 0 Å². The lowest BCUT2D eigenvalue weighted by molar-refractivity contribution is -0.197. The van der Waals surface area contributed by atoms with Crippen LogP contribution in [0.5, 0.6) is 5.75 Å². The highest BCUT2D eigenvalue weighted by molar-refractivity contribution is 5.97. The highest BCUT2D eigenvalue weighted by Crippen LogP contribution is 2.24. The van der Waals surface area contributed by atoms with E-state index in [1.54, 1.807) is 36.4 Å². The van der Waals surface area contributed by atoms with Crippen molar-refractivity contribution in [2.45, 2.75) is 11.8 Å². The molecule has 2 amide bonds. The number of hydroxylamine groups is 1. The number of aromatic hydroxyl groups is 1. The van der Waals surface area contributed by atoms with Crippen LogP contribution in [-0.2, 0) is 10.6 Å². The molecule has 0 aliphatic rings. The van der Waals surface area contributed by atoms with Gasteiger partial charge in [0.15, 0.2) is 6.04 Å². The van der Waals surface area contributed by atoms with Crippen molar-refractivity contribution in [3.8, 4) is 29.4 Å². The van der Waals surface area contributed by atoms with Crippen LogP contribution in [0.1, 0.15) is 27.0 Å². The number of hydrogen-bond acceptors (Lipinski definition) is 7. The van der Waals surface area contributed by atoms with Crippen molar-refractivity contribution in [3.63, 3.8) is 0 Å². The molecule has 8 N–H and O–H groups in total. The predicted molar refractivity (Wildman–Crippen MR) is 126 cm³/mol. The summed E-state index contributed by atoms with van der Waals surface area (Å²) in [6.45, 7) is 0. The van der Waals surface area contributed by atoms with Crippen LogP contribution in [0.2, 0.25) is 0 Å². The van der Waals surface area contributed by atoms with Crippen molar-refractivity contribution in [1.82, 2.24) is 10.8 Å². The van der Waals surface area contributed by atoms with E-state index in [0.717, 1.165) is 17.7 Å². The summed E-state index contributed by atoms with van der Waals surface area (Å²) in [6, 6.07) is 15.7. The van der Waals surface area contributed by atoms with Gasteiger partial charge in [-0.1, -0.05) is 11.8 Å². The van der Waals surface area contributed by atoms with Crippen LogP contribution in [-0.4, -0.2) is 38.4 Å². The van der Waals surface area contributed by atoms with Crippen molar-refractivity contribution in [2.75, 3.05) is 5.73 Å². The number of nitrogens with one attached hydrogen (secondary N) is 2. The van der Waals surface area contributed by atoms with Crippen molar-refractivity contribution < 1.29 is 30.1 Å². The molecule has 3 aromatic rings. The zero-order valence-corrected chi connectivity index (χ0v) is 18.2. The lowest BCUT2D eigenvalue weighted by atomic mass is 9.96. The third kappa shape index (κ3) is 6.38. The highest BCUT2D eigenvalue weighted by Gasteiger charge is 2.43. The van der Waals surface area contributed by atoms with Gasteiger partial charge in [0.1, 0.15) is 5.75 Å². The summed E-state index contributed by atoms with van der Waals surface area (Å²) < 4.78 is 0. The summed E-state index contributed by atoms with van der Waals surface area (Å²) in [5.41, 5.74) is 8.79. The Kier molecular flexibility index (Phi) is 7.72. The van der Waals surface area contributed by atoms with E-state index in [9.17, 15) is 24.9 Å². The molecule has 0 aromatic heterocycles. The highest BCUT2D eigenvalue weighted by atomic mass is 16.5. The van der Waals surface area contributed by atoms with E-state index in [2.05, 4.69) is 29.0 Å². The number of nitrogen functional groups attached to an aromatic ring is 1. The van der Waals surface area contributed by atoms with Crippen LogP contribution < -0.4 is 16.5 Å². The summed E-state index contributed by atoms with van der Waals surface area (Å²) in [5.74, 6) is 6.01. The van der Waals surface area contributed by atoms with Gasteiger partial charge in [-0.15, -0.1) is 0 Å². The molecule has 9 nitrogen and oxygen atoms in total. The second-order valence-electron chi connectivity index (χ2n) is 7.35. The zero-order valence-electron chi connectivity index (χ0n) is 18.2. The Morgan fingerprint density at radius 3 is 1.86 bits per heavy atom. The first kappa shape index (κ1) is 24.8. The number of anilines is 1. The second-order valence-corrected chi connectivity index (χ2v) is 7.35. The molecule has 1 atom stereocenters. The van der Waals surface area contributed by atoms with Gasteiger partial charge in [-0.25, -0.2) is 5.48 Å². The number of carbonyl (C=O) groups is 2. The minimum absolute atomic E-state index is 0.0979. The normalized spacial score (nSPS) is 11.2. The van der Waals surface area contributed by atoms with Crippen LogP contribution >= 0.6 is 0 Å². The molecule has 176 valence electrons. The molecule has 0 spiro atoms. The van der Waals surface area contributed by atoms with Gasteiger partial charge in [0, 0.05) is 27.9 Å². The fraction of sp³-hybridized carbons (Fsp3) is 0.0769. The molecule has 0 aliphatic heterocycles. The number of hydrogen-bond donors (Lipinski definition) is 7. The molecule has 0 heterocycles. The fourth-order valence-electron chi connectivity index (χ4n) is 2.98. The van der Waals surface area contributed by atoms with Crippen molar-refractivity contribution in [1.29, 1.82) is 0 Å². The Morgan fingerprint density at radius 1 is 0.829 bits per heavy atom. The Balaban J connectivity index is 1.73. The van der Waals surface area contributed by atoms with Gasteiger partial charge in [-0.2, -0.15) is 0 Å². The smallest absolute Gasteiger partial charge is 0.271 e. The van der Waals surface area contributed by atoms with E-state index < -0.39 is 23.6 Å². The monoisotopic (exact) mass is 471 g/mol. The van der Waals surface area contributed by atoms with Crippen molar-refractivity contribution in [3.05, 3.63) is 95.1 Å². The van der Waals surface area contributed by atoms with Crippen LogP contribution in [0.25, 0.3) is 0 Å². The van der Waals surface area contributed by atoms with E-state index in [1.165, 1.54) is 29.7 Å². The number of phenolic OH excluding ortho intramolecular Hbond substituents is 1. The summed E-state index contributed by atoms with van der Waals surface area (Å²) in [6.07, 6.45) is 0. The molecule has 0 saturated heterocycles. The third-order valence-corrected chi connectivity index (χ3v) is 4.88. The number of phenols is 1. The van der Waals surface area contributed by atoms with Crippen LogP contribution in [0.3, 0.4) is 0 Å². The molecule has 9 heteroatoms. The van der Waals surface area contributed by atoms with Gasteiger partial charge < -0.3 is 26.4 Å². The molecule has 3 rings (SSSR count). The number of benzene rings is 3. The maximum Gasteiger partial charge on any atom is 0.271 e. The molecule has 0 saturated carbocycles. The molecule has 0 bridgehead atoms. The average Bonchev–Trinajstić information content (AvgIpc) is 2.86. The molecule has 0 radical (unpaired) electrons. The first-order valence-corrected chi connectivity index (χ1v) is 10.2. The predicted octanol–water partition coefficient (Wildman–Crippen LogP) is 0.819. The minimum Gasteiger partial charge on any atom is -0.508 e. The standard InChI is InChI=1S/C26H21N3O6/c27-21-13-7-18(8-14-21)4-2-1-3-17-5-9-19(10-6-17)24(31)28-23(25(32)29-35)26(33,34)20-11-15-22(30)16-12-20/h5-16,23,30,33-35H,27H2,(H,28,31)(H,29,32)/t23-/m1/s1. The number of amides is 2. The third-order valence-electron chi connectivity index (χ3n) is 4.88. The van der Waals surface area contributed by atoms with Crippen molar-refractivity contribution in [2.24, 2.45) is 0 Å². The SMILES string of the molecule is Nc1ccc(C#CC#Cc2ccc(C(=O)N[C@H](C(=O)NO)C(O)(O)c3ccc(O)cc3)cc2)cc1. The van der Waals surface area contributed by atoms with Crippen LogP contribution in [0, 0.1) is 23.7 Å². The number of nitrogens with two attached hydrogens (primary N) is 1. The first-order valence-electron chi connectivity index (χ1n) is 10.2. The first-order chi connectivity index (χ1) is 16.7. The molecule has 0 fully saturated rings. The second kappa shape index (κ2) is 10.9. The van der Waals surface area contributed by atoms with Gasteiger partial charge in [-0.05, 0) is 84.6 Å². The van der Waals surface area contributed by atoms with Crippen LogP contribution in [0.15, 0.2) is 72.8 Å². The maximum absolute atomic E-state index is 12.7. The quantitative estimate of drug-likeness (QED) is 0.0951. The Labute approximate surface area is 200 Å². The minimum atomic E-state index is -2.90. The maximum atomic E-state index is 12.7. The Morgan fingerprint density at radius 2 is 1.34 bits per heavy atom. The lowest BCUT2D eigenvalue weighted by Gasteiger charge is -2.30.